The number of rotatable bonds is 6. The Morgan fingerprint density at radius 2 is 0.927 bits per heavy atom. The predicted molar refractivity (Wildman–Crippen MR) is 163 cm³/mol. The van der Waals surface area contributed by atoms with E-state index in [1.807, 2.05) is 27.7 Å². The van der Waals surface area contributed by atoms with Gasteiger partial charge >= 0.3 is 11.4 Å². The summed E-state index contributed by atoms with van der Waals surface area (Å²) in [5, 5.41) is 0. The van der Waals surface area contributed by atoms with Gasteiger partial charge in [-0.25, -0.2) is 0 Å². The van der Waals surface area contributed by atoms with E-state index in [0.29, 0.717) is 35.4 Å². The molecule has 0 bridgehead atoms. The SMILES string of the molecule is CC(=[N+]=N)C1=C(C)C(=O)Cc2c(C)c(CCCc3c(C)c(C)c4c(c3C)CC(=O)C(C)=C4C(C)=[N+]=N)c(C)c(C)c21. The summed E-state index contributed by atoms with van der Waals surface area (Å²) in [5.41, 5.74) is 33.5. The number of hydrogen-bond donors (Lipinski definition) is 2. The molecule has 212 valence electrons. The van der Waals surface area contributed by atoms with Crippen LogP contribution in [0.25, 0.3) is 11.1 Å². The van der Waals surface area contributed by atoms with Crippen molar-refractivity contribution in [3.63, 3.8) is 0 Å². The third-order valence-electron chi connectivity index (χ3n) is 9.87. The molecule has 0 saturated heterocycles. The zero-order valence-electron chi connectivity index (χ0n) is 26.2. The number of benzene rings is 2. The lowest BCUT2D eigenvalue weighted by atomic mass is 9.75. The highest BCUT2D eigenvalue weighted by Crippen LogP contribution is 2.40. The molecule has 0 spiro atoms. The summed E-state index contributed by atoms with van der Waals surface area (Å²) in [4.78, 5) is 33.4. The van der Waals surface area contributed by atoms with Crippen molar-refractivity contribution in [3.8, 4) is 0 Å². The monoisotopic (exact) mass is 550 g/mol. The molecular formula is C35H42N4O2+2. The number of fused-ring (bicyclic) bond motifs is 2. The lowest BCUT2D eigenvalue weighted by Gasteiger charge is -2.27. The molecule has 2 aliphatic rings. The lowest BCUT2D eigenvalue weighted by Crippen LogP contribution is -2.22. The predicted octanol–water partition coefficient (Wildman–Crippen LogP) is 6.91. The normalized spacial score (nSPS) is 14.6. The van der Waals surface area contributed by atoms with Crippen LogP contribution in [0.2, 0.25) is 0 Å². The van der Waals surface area contributed by atoms with Gasteiger partial charge in [-0.15, -0.1) is 0 Å². The van der Waals surface area contributed by atoms with E-state index < -0.39 is 0 Å². The Hall–Kier alpha value is -3.98. The number of nitrogens with zero attached hydrogens (tertiary/aromatic N) is 2. The fourth-order valence-corrected chi connectivity index (χ4v) is 7.15. The van der Waals surface area contributed by atoms with E-state index in [1.54, 1.807) is 0 Å². The topological polar surface area (TPSA) is 110 Å². The van der Waals surface area contributed by atoms with Gasteiger partial charge < -0.3 is 0 Å². The van der Waals surface area contributed by atoms with Crippen molar-refractivity contribution in [2.45, 2.75) is 101 Å². The van der Waals surface area contributed by atoms with Crippen molar-refractivity contribution in [1.29, 1.82) is 11.1 Å². The van der Waals surface area contributed by atoms with Crippen molar-refractivity contribution in [1.82, 2.24) is 0 Å². The number of hydrogen-bond acceptors (Lipinski definition) is 4. The summed E-state index contributed by atoms with van der Waals surface area (Å²) in [6.07, 6.45) is 3.52. The highest BCUT2D eigenvalue weighted by atomic mass is 16.1. The van der Waals surface area contributed by atoms with Gasteiger partial charge in [0.1, 0.15) is 0 Å². The van der Waals surface area contributed by atoms with Crippen LogP contribution in [0.15, 0.2) is 11.1 Å². The summed E-state index contributed by atoms with van der Waals surface area (Å²) in [5.74, 6) is 0.208. The summed E-state index contributed by atoms with van der Waals surface area (Å²) in [6.45, 7) is 20.2. The Morgan fingerprint density at radius 3 is 1.24 bits per heavy atom. The van der Waals surface area contributed by atoms with Crippen LogP contribution in [0.4, 0.5) is 0 Å². The number of carbonyl (C=O) groups excluding carboxylic acids is 2. The first-order chi connectivity index (χ1) is 19.3. The molecule has 0 atom stereocenters. The van der Waals surface area contributed by atoms with Crippen LogP contribution >= 0.6 is 0 Å². The van der Waals surface area contributed by atoms with E-state index in [4.69, 9.17) is 11.1 Å². The quantitative estimate of drug-likeness (QED) is 0.231. The molecule has 0 radical (unpaired) electrons. The molecule has 6 nitrogen and oxygen atoms in total. The van der Waals surface area contributed by atoms with E-state index >= 15 is 0 Å². The highest BCUT2D eigenvalue weighted by Gasteiger charge is 2.34. The molecule has 41 heavy (non-hydrogen) atoms. The number of Topliss-reactive ketones (excluding diaryl/α,β-unsaturated/α-hetero) is 2. The van der Waals surface area contributed by atoms with Crippen molar-refractivity contribution in [2.24, 2.45) is 0 Å². The fraction of sp³-hybridized carbons (Fsp3) is 0.429. The van der Waals surface area contributed by atoms with Gasteiger partial charge in [-0.2, -0.15) is 0 Å². The number of nitrogens with one attached hydrogen (secondary N) is 2. The van der Waals surface area contributed by atoms with Crippen molar-refractivity contribution in [2.75, 3.05) is 0 Å². The third kappa shape index (κ3) is 4.72. The Kier molecular flexibility index (Phi) is 8.14. The lowest BCUT2D eigenvalue weighted by molar-refractivity contribution is -0.118. The average Bonchev–Trinajstić information content (AvgIpc) is 2.95. The number of ketones is 2. The van der Waals surface area contributed by atoms with E-state index in [9.17, 15) is 9.59 Å². The molecule has 0 heterocycles. The maximum absolute atomic E-state index is 13.0. The van der Waals surface area contributed by atoms with Gasteiger partial charge in [0.05, 0.1) is 31.8 Å². The van der Waals surface area contributed by atoms with Crippen LogP contribution in [0, 0.1) is 52.6 Å². The molecule has 4 rings (SSSR count). The molecule has 0 unspecified atom stereocenters. The molecule has 2 aromatic rings. The van der Waals surface area contributed by atoms with Gasteiger partial charge in [-0.05, 0) is 141 Å². The zero-order chi connectivity index (χ0) is 30.5. The highest BCUT2D eigenvalue weighted by molar-refractivity contribution is 6.29. The van der Waals surface area contributed by atoms with E-state index in [1.165, 1.54) is 44.5 Å². The second-order valence-electron chi connectivity index (χ2n) is 11.9. The first kappa shape index (κ1) is 30.0. The van der Waals surface area contributed by atoms with Gasteiger partial charge in [0.15, 0.2) is 11.6 Å². The van der Waals surface area contributed by atoms with Crippen molar-refractivity contribution < 1.29 is 19.2 Å². The molecule has 0 amide bonds. The smallest absolute Gasteiger partial charge is 0.294 e. The maximum atomic E-state index is 13.0. The van der Waals surface area contributed by atoms with Gasteiger partial charge in [0, 0.05) is 37.8 Å². The number of allylic oxidation sites excluding steroid dienone is 4. The molecule has 0 aliphatic heterocycles. The van der Waals surface area contributed by atoms with Crippen molar-refractivity contribution >= 4 is 34.1 Å². The third-order valence-corrected chi connectivity index (χ3v) is 9.87. The fourth-order valence-electron chi connectivity index (χ4n) is 7.15. The van der Waals surface area contributed by atoms with Gasteiger partial charge in [0.25, 0.3) is 0 Å². The van der Waals surface area contributed by atoms with Crippen LogP contribution in [-0.4, -0.2) is 32.6 Å². The molecule has 2 aromatic carbocycles. The summed E-state index contributed by atoms with van der Waals surface area (Å²) in [7, 11) is 0. The summed E-state index contributed by atoms with van der Waals surface area (Å²) < 4.78 is 0. The van der Waals surface area contributed by atoms with Crippen molar-refractivity contribution in [3.05, 3.63) is 77.9 Å². The van der Waals surface area contributed by atoms with Crippen LogP contribution in [0.1, 0.15) is 101 Å². The van der Waals surface area contributed by atoms with Crippen LogP contribution < -0.4 is 0 Å². The van der Waals surface area contributed by atoms with Crippen LogP contribution in [0.3, 0.4) is 0 Å². The zero-order valence-corrected chi connectivity index (χ0v) is 26.2. The average molecular weight is 551 g/mol. The first-order valence-corrected chi connectivity index (χ1v) is 14.4. The summed E-state index contributed by atoms with van der Waals surface area (Å²) >= 11 is 0. The molecule has 0 aromatic heterocycles. The van der Waals surface area contributed by atoms with Gasteiger partial charge in [-0.3, -0.25) is 9.59 Å². The van der Waals surface area contributed by atoms with Crippen LogP contribution in [-0.2, 0) is 35.3 Å². The maximum Gasteiger partial charge on any atom is 0.346 e. The van der Waals surface area contributed by atoms with E-state index in [-0.39, 0.29) is 11.6 Å². The minimum Gasteiger partial charge on any atom is -0.294 e. The standard InChI is InChI=1S/C35H42N4O2/c1-16-18(3)34-28(14-30(40)22(7)32(34)24(9)38-36)20(5)26(16)12-11-13-27-17(2)19(4)35-29(21(27)6)15-31(41)23(8)33(35)25(10)39-37/h36-37H,11-15H2,1-10H3/q+2. The molecular weight excluding hydrogens is 508 g/mol. The van der Waals surface area contributed by atoms with Crippen LogP contribution in [0.5, 0.6) is 0 Å². The Balaban J connectivity index is 1.74. The van der Waals surface area contributed by atoms with E-state index in [2.05, 4.69) is 51.1 Å². The minimum absolute atomic E-state index is 0.104. The Bertz CT molecular complexity index is 1610. The number of carbonyl (C=O) groups is 2. The summed E-state index contributed by atoms with van der Waals surface area (Å²) in [6, 6.07) is 0. The molecule has 0 fully saturated rings. The first-order valence-electron chi connectivity index (χ1n) is 14.4. The minimum atomic E-state index is 0.104. The Morgan fingerprint density at radius 1 is 0.585 bits per heavy atom. The van der Waals surface area contributed by atoms with Gasteiger partial charge in [-0.1, -0.05) is 0 Å². The molecule has 6 heteroatoms. The Labute approximate surface area is 243 Å². The second-order valence-corrected chi connectivity index (χ2v) is 11.9. The molecule has 0 saturated carbocycles. The molecule has 2 aliphatic carbocycles. The second kappa shape index (κ2) is 11.1. The largest absolute Gasteiger partial charge is 0.346 e. The van der Waals surface area contributed by atoms with E-state index in [0.717, 1.165) is 52.7 Å². The van der Waals surface area contributed by atoms with Gasteiger partial charge in [0.2, 0.25) is 0 Å². The molecule has 2 N–H and O–H groups in total.